The van der Waals surface area contributed by atoms with Crippen LogP contribution in [0.4, 0.5) is 5.82 Å². The molecule has 1 heterocycles. The second-order valence-corrected chi connectivity index (χ2v) is 5.67. The first kappa shape index (κ1) is 13.4. The van der Waals surface area contributed by atoms with Crippen LogP contribution in [0.3, 0.4) is 0 Å². The van der Waals surface area contributed by atoms with Crippen LogP contribution in [0.15, 0.2) is 6.20 Å². The summed E-state index contributed by atoms with van der Waals surface area (Å²) < 4.78 is 11.0. The van der Waals surface area contributed by atoms with Crippen molar-refractivity contribution < 1.29 is 4.21 Å². The number of anilines is 1. The van der Waals surface area contributed by atoms with E-state index in [9.17, 15) is 4.21 Å². The number of nitrogens with one attached hydrogen (secondary N) is 1. The second-order valence-electron chi connectivity index (χ2n) is 3.78. The molecular formula is C10H16ClN3OS. The van der Waals surface area contributed by atoms with Gasteiger partial charge in [-0.25, -0.2) is 9.97 Å². The van der Waals surface area contributed by atoms with E-state index in [2.05, 4.69) is 15.3 Å². The predicted octanol–water partition coefficient (Wildman–Crippen LogP) is 2.01. The summed E-state index contributed by atoms with van der Waals surface area (Å²) >= 11 is 5.72. The molecule has 2 atom stereocenters. The van der Waals surface area contributed by atoms with Gasteiger partial charge in [0.25, 0.3) is 0 Å². The summed E-state index contributed by atoms with van der Waals surface area (Å²) in [6.45, 7) is 3.95. The molecule has 0 bridgehead atoms. The van der Waals surface area contributed by atoms with Crippen LogP contribution in [0.2, 0.25) is 5.28 Å². The number of hydrogen-bond acceptors (Lipinski definition) is 4. The summed E-state index contributed by atoms with van der Waals surface area (Å²) in [6, 6.07) is 0.216. The highest BCUT2D eigenvalue weighted by atomic mass is 35.5. The topological polar surface area (TPSA) is 54.9 Å². The van der Waals surface area contributed by atoms with Crippen molar-refractivity contribution in [2.45, 2.75) is 26.3 Å². The SMILES string of the molecule is Cc1cnc(Cl)nc1NC(C)CCS(C)=O. The van der Waals surface area contributed by atoms with E-state index in [0.717, 1.165) is 17.8 Å². The van der Waals surface area contributed by atoms with E-state index in [0.29, 0.717) is 5.75 Å². The van der Waals surface area contributed by atoms with Crippen molar-refractivity contribution in [3.8, 4) is 0 Å². The first-order valence-electron chi connectivity index (χ1n) is 5.04. The molecule has 1 N–H and O–H groups in total. The van der Waals surface area contributed by atoms with Crippen LogP contribution in [-0.2, 0) is 10.8 Å². The van der Waals surface area contributed by atoms with Crippen LogP contribution < -0.4 is 5.32 Å². The molecule has 0 aliphatic heterocycles. The average Bonchev–Trinajstić information content (AvgIpc) is 2.20. The Morgan fingerprint density at radius 3 is 2.94 bits per heavy atom. The van der Waals surface area contributed by atoms with Crippen molar-refractivity contribution in [3.63, 3.8) is 0 Å². The highest BCUT2D eigenvalue weighted by Gasteiger charge is 2.07. The lowest BCUT2D eigenvalue weighted by Gasteiger charge is -2.15. The molecule has 4 nitrogen and oxygen atoms in total. The van der Waals surface area contributed by atoms with Gasteiger partial charge in [-0.2, -0.15) is 0 Å². The molecule has 0 aromatic carbocycles. The molecule has 0 saturated heterocycles. The number of aromatic nitrogens is 2. The van der Waals surface area contributed by atoms with Crippen molar-refractivity contribution in [2.75, 3.05) is 17.3 Å². The molecule has 1 rings (SSSR count). The van der Waals surface area contributed by atoms with Gasteiger partial charge in [0.05, 0.1) is 0 Å². The van der Waals surface area contributed by atoms with Crippen LogP contribution in [0.5, 0.6) is 0 Å². The second kappa shape index (κ2) is 6.15. The Balaban J connectivity index is 2.58. The zero-order valence-corrected chi connectivity index (χ0v) is 11.2. The van der Waals surface area contributed by atoms with Gasteiger partial charge in [-0.1, -0.05) is 0 Å². The Hall–Kier alpha value is -0.680. The van der Waals surface area contributed by atoms with Gasteiger partial charge in [0.2, 0.25) is 5.28 Å². The Kier molecular flexibility index (Phi) is 5.15. The van der Waals surface area contributed by atoms with E-state index in [4.69, 9.17) is 11.6 Å². The molecule has 0 aliphatic carbocycles. The Morgan fingerprint density at radius 2 is 2.31 bits per heavy atom. The molecule has 0 amide bonds. The van der Waals surface area contributed by atoms with Crippen LogP contribution in [-0.4, -0.2) is 32.2 Å². The first-order chi connectivity index (χ1) is 7.49. The maximum absolute atomic E-state index is 11.0. The molecule has 0 saturated carbocycles. The molecule has 0 fully saturated rings. The summed E-state index contributed by atoms with van der Waals surface area (Å²) in [7, 11) is -0.753. The highest BCUT2D eigenvalue weighted by Crippen LogP contribution is 2.14. The van der Waals surface area contributed by atoms with Gasteiger partial charge in [-0.15, -0.1) is 0 Å². The maximum Gasteiger partial charge on any atom is 0.224 e. The fourth-order valence-corrected chi connectivity index (χ4v) is 2.03. The Morgan fingerprint density at radius 1 is 1.62 bits per heavy atom. The minimum Gasteiger partial charge on any atom is -0.367 e. The largest absolute Gasteiger partial charge is 0.367 e. The molecule has 0 spiro atoms. The van der Waals surface area contributed by atoms with Crippen molar-refractivity contribution in [2.24, 2.45) is 0 Å². The number of nitrogens with zero attached hydrogens (tertiary/aromatic N) is 2. The molecule has 1 aromatic heterocycles. The van der Waals surface area contributed by atoms with Gasteiger partial charge in [0.15, 0.2) is 0 Å². The Bertz CT molecular complexity index is 386. The smallest absolute Gasteiger partial charge is 0.224 e. The van der Waals surface area contributed by atoms with Gasteiger partial charge in [-0.3, -0.25) is 4.21 Å². The van der Waals surface area contributed by atoms with Gasteiger partial charge in [0.1, 0.15) is 5.82 Å². The molecular weight excluding hydrogens is 246 g/mol. The third kappa shape index (κ3) is 4.45. The lowest BCUT2D eigenvalue weighted by Crippen LogP contribution is -2.19. The lowest BCUT2D eigenvalue weighted by molar-refractivity contribution is 0.678. The standard InChI is InChI=1S/C10H16ClN3OS/c1-7-6-12-10(11)14-9(7)13-8(2)4-5-16(3)15/h6,8H,4-5H2,1-3H3,(H,12,13,14). The molecule has 0 aliphatic rings. The maximum atomic E-state index is 11.0. The monoisotopic (exact) mass is 261 g/mol. The third-order valence-corrected chi connectivity index (χ3v) is 3.16. The summed E-state index contributed by atoms with van der Waals surface area (Å²) in [6.07, 6.45) is 4.23. The molecule has 0 radical (unpaired) electrons. The number of hydrogen-bond donors (Lipinski definition) is 1. The van der Waals surface area contributed by atoms with Crippen LogP contribution in [0, 0.1) is 6.92 Å². The summed E-state index contributed by atoms with van der Waals surface area (Å²) in [5.74, 6) is 1.43. The first-order valence-corrected chi connectivity index (χ1v) is 7.15. The summed E-state index contributed by atoms with van der Waals surface area (Å²) in [5.41, 5.74) is 0.953. The lowest BCUT2D eigenvalue weighted by atomic mass is 10.2. The minimum atomic E-state index is -0.753. The number of rotatable bonds is 5. The van der Waals surface area contributed by atoms with Crippen molar-refractivity contribution in [1.29, 1.82) is 0 Å². The van der Waals surface area contributed by atoms with E-state index in [1.165, 1.54) is 0 Å². The van der Waals surface area contributed by atoms with Gasteiger partial charge in [-0.05, 0) is 31.9 Å². The van der Waals surface area contributed by atoms with Gasteiger partial charge in [0, 0.05) is 40.6 Å². The summed E-state index contributed by atoms with van der Waals surface area (Å²) in [5, 5.41) is 3.47. The Labute approximate surface area is 103 Å². The van der Waals surface area contributed by atoms with Crippen LogP contribution in [0.1, 0.15) is 18.9 Å². The van der Waals surface area contributed by atoms with Gasteiger partial charge >= 0.3 is 0 Å². The average molecular weight is 262 g/mol. The molecule has 16 heavy (non-hydrogen) atoms. The molecule has 90 valence electrons. The van der Waals surface area contributed by atoms with Crippen LogP contribution in [0.25, 0.3) is 0 Å². The van der Waals surface area contributed by atoms with Crippen molar-refractivity contribution in [1.82, 2.24) is 9.97 Å². The fourth-order valence-electron chi connectivity index (χ4n) is 1.21. The van der Waals surface area contributed by atoms with Crippen molar-refractivity contribution in [3.05, 3.63) is 17.0 Å². The quantitative estimate of drug-likeness (QED) is 0.824. The normalized spacial score (nSPS) is 14.5. The highest BCUT2D eigenvalue weighted by molar-refractivity contribution is 7.84. The van der Waals surface area contributed by atoms with E-state index < -0.39 is 10.8 Å². The molecule has 2 unspecified atom stereocenters. The summed E-state index contributed by atoms with van der Waals surface area (Å²) in [4.78, 5) is 7.99. The molecule has 1 aromatic rings. The third-order valence-electron chi connectivity index (χ3n) is 2.16. The molecule has 6 heteroatoms. The van der Waals surface area contributed by atoms with E-state index in [1.54, 1.807) is 12.5 Å². The van der Waals surface area contributed by atoms with Gasteiger partial charge < -0.3 is 5.32 Å². The predicted molar refractivity (Wildman–Crippen MR) is 68.4 cm³/mol. The zero-order chi connectivity index (χ0) is 12.1. The van der Waals surface area contributed by atoms with Crippen LogP contribution >= 0.6 is 11.6 Å². The van der Waals surface area contributed by atoms with E-state index in [1.807, 2.05) is 13.8 Å². The zero-order valence-electron chi connectivity index (χ0n) is 9.66. The van der Waals surface area contributed by atoms with E-state index >= 15 is 0 Å². The number of aryl methyl sites for hydroxylation is 1. The minimum absolute atomic E-state index is 0.216. The number of halogens is 1. The van der Waals surface area contributed by atoms with E-state index in [-0.39, 0.29) is 11.3 Å². The van der Waals surface area contributed by atoms with Crippen molar-refractivity contribution >= 4 is 28.2 Å². The fraction of sp³-hybridized carbons (Fsp3) is 0.600.